The lowest BCUT2D eigenvalue weighted by atomic mass is 9.85. The maximum Gasteiger partial charge on any atom is 0.210 e. The first-order valence-corrected chi connectivity index (χ1v) is 12.9. The number of aliphatic imine (C=N–C) groups is 2. The predicted molar refractivity (Wildman–Crippen MR) is 147 cm³/mol. The van der Waals surface area contributed by atoms with Gasteiger partial charge in [-0.1, -0.05) is 34.6 Å². The zero-order valence-corrected chi connectivity index (χ0v) is 23.0. The van der Waals surface area contributed by atoms with Gasteiger partial charge in [0.25, 0.3) is 0 Å². The number of hydrogen-bond donors (Lipinski definition) is 2. The smallest absolute Gasteiger partial charge is 0.210 e. The SMILES string of the molecule is CCC(CC)OC1=NC(C(C)=N)C(=NCC(=O)c2cc(OCCCCO)cc(C(C)(C)C)c2)C(C)=C1. The van der Waals surface area contributed by atoms with E-state index in [1.807, 2.05) is 25.1 Å². The van der Waals surface area contributed by atoms with Gasteiger partial charge in [-0.2, -0.15) is 0 Å². The fourth-order valence-electron chi connectivity index (χ4n) is 3.83. The first-order valence-electron chi connectivity index (χ1n) is 12.9. The molecule has 0 spiro atoms. The van der Waals surface area contributed by atoms with Crippen molar-refractivity contribution in [2.45, 2.75) is 91.7 Å². The van der Waals surface area contributed by atoms with E-state index in [-0.39, 0.29) is 30.5 Å². The van der Waals surface area contributed by atoms with E-state index in [2.05, 4.69) is 44.6 Å². The Morgan fingerprint density at radius 3 is 2.47 bits per heavy atom. The molecule has 7 nitrogen and oxygen atoms in total. The highest BCUT2D eigenvalue weighted by molar-refractivity contribution is 6.22. The molecule has 2 N–H and O–H groups in total. The Hall–Kier alpha value is -2.80. The average Bonchev–Trinajstić information content (AvgIpc) is 2.83. The molecule has 0 saturated carbocycles. The fourth-order valence-corrected chi connectivity index (χ4v) is 3.83. The molecular formula is C29H43N3O4. The van der Waals surface area contributed by atoms with Crippen molar-refractivity contribution < 1.29 is 19.4 Å². The first-order chi connectivity index (χ1) is 17.0. The zero-order valence-electron chi connectivity index (χ0n) is 23.0. The zero-order chi connectivity index (χ0) is 26.9. The second kappa shape index (κ2) is 13.5. The predicted octanol–water partition coefficient (Wildman–Crippen LogP) is 5.73. The molecule has 0 fully saturated rings. The summed E-state index contributed by atoms with van der Waals surface area (Å²) in [6, 6.07) is 5.09. The largest absolute Gasteiger partial charge is 0.494 e. The molecule has 0 bridgehead atoms. The molecule has 0 aliphatic carbocycles. The Morgan fingerprint density at radius 1 is 1.19 bits per heavy atom. The highest BCUT2D eigenvalue weighted by Gasteiger charge is 2.26. The molecule has 1 aromatic rings. The summed E-state index contributed by atoms with van der Waals surface area (Å²) in [5.74, 6) is 1.04. The van der Waals surface area contributed by atoms with Gasteiger partial charge in [0.15, 0.2) is 5.78 Å². The minimum atomic E-state index is -0.557. The Morgan fingerprint density at radius 2 is 1.89 bits per heavy atom. The van der Waals surface area contributed by atoms with Gasteiger partial charge in [-0.25, -0.2) is 4.99 Å². The highest BCUT2D eigenvalue weighted by atomic mass is 16.5. The number of nitrogens with one attached hydrogen (secondary N) is 1. The third-order valence-corrected chi connectivity index (χ3v) is 6.18. The van der Waals surface area contributed by atoms with Crippen molar-refractivity contribution in [2.24, 2.45) is 9.98 Å². The van der Waals surface area contributed by atoms with Crippen LogP contribution in [0.4, 0.5) is 0 Å². The van der Waals surface area contributed by atoms with E-state index in [0.29, 0.717) is 41.7 Å². The maximum atomic E-state index is 13.2. The van der Waals surface area contributed by atoms with Crippen LogP contribution in [0.25, 0.3) is 0 Å². The summed E-state index contributed by atoms with van der Waals surface area (Å²) >= 11 is 0. The lowest BCUT2D eigenvalue weighted by molar-refractivity contribution is 0.100. The molecule has 0 amide bonds. The van der Waals surface area contributed by atoms with Gasteiger partial charge in [-0.3, -0.25) is 9.79 Å². The van der Waals surface area contributed by atoms with E-state index in [4.69, 9.17) is 20.0 Å². The van der Waals surface area contributed by atoms with Crippen molar-refractivity contribution in [3.8, 4) is 5.75 Å². The van der Waals surface area contributed by atoms with Crippen LogP contribution in [-0.2, 0) is 10.2 Å². The molecule has 1 atom stereocenters. The number of hydrogen-bond acceptors (Lipinski definition) is 7. The number of aliphatic hydroxyl groups excluding tert-OH is 1. The Bertz CT molecular complexity index is 1010. The van der Waals surface area contributed by atoms with Crippen LogP contribution in [0.15, 0.2) is 39.8 Å². The van der Waals surface area contributed by atoms with Gasteiger partial charge in [0.2, 0.25) is 5.90 Å². The fraction of sp³-hybridized carbons (Fsp3) is 0.586. The lowest BCUT2D eigenvalue weighted by Crippen LogP contribution is -2.33. The van der Waals surface area contributed by atoms with Crippen LogP contribution >= 0.6 is 0 Å². The number of aliphatic hydroxyl groups is 1. The minimum absolute atomic E-state index is 0.0416. The summed E-state index contributed by atoms with van der Waals surface area (Å²) in [6.45, 7) is 14.6. The van der Waals surface area contributed by atoms with E-state index in [9.17, 15) is 4.79 Å². The van der Waals surface area contributed by atoms with Crippen LogP contribution in [0.2, 0.25) is 0 Å². The van der Waals surface area contributed by atoms with Crippen molar-refractivity contribution in [3.63, 3.8) is 0 Å². The van der Waals surface area contributed by atoms with Crippen LogP contribution in [-0.4, -0.2) is 60.1 Å². The standard InChI is InChI=1S/C29H43N3O4/c1-8-23(9-2)36-26-14-19(3)27(28(32-26)20(4)30)31-18-25(34)21-15-22(29(5,6)7)17-24(16-21)35-13-11-10-12-33/h14-17,23,28,30,33H,8-13,18H2,1-7H3. The normalized spacial score (nSPS) is 17.1. The molecule has 36 heavy (non-hydrogen) atoms. The van der Waals surface area contributed by atoms with E-state index in [1.54, 1.807) is 13.0 Å². The number of ketones is 1. The van der Waals surface area contributed by atoms with E-state index in [1.165, 1.54) is 0 Å². The monoisotopic (exact) mass is 497 g/mol. The van der Waals surface area contributed by atoms with Crippen LogP contribution in [0.5, 0.6) is 5.75 Å². The van der Waals surface area contributed by atoms with Gasteiger partial charge in [0.05, 0.1) is 18.4 Å². The number of rotatable bonds is 12. The number of carbonyl (C=O) groups is 1. The number of Topliss-reactive ketones (excluding diaryl/α,β-unsaturated/α-hetero) is 1. The summed E-state index contributed by atoms with van der Waals surface area (Å²) in [5.41, 5.74) is 3.23. The highest BCUT2D eigenvalue weighted by Crippen LogP contribution is 2.28. The lowest BCUT2D eigenvalue weighted by Gasteiger charge is -2.24. The van der Waals surface area contributed by atoms with Crippen molar-refractivity contribution >= 4 is 23.1 Å². The molecule has 7 heteroatoms. The second-order valence-electron chi connectivity index (χ2n) is 10.3. The van der Waals surface area contributed by atoms with E-state index < -0.39 is 6.04 Å². The second-order valence-corrected chi connectivity index (χ2v) is 10.3. The van der Waals surface area contributed by atoms with E-state index >= 15 is 0 Å². The molecule has 1 unspecified atom stereocenters. The first kappa shape index (κ1) is 29.4. The molecule has 1 aliphatic rings. The van der Waals surface area contributed by atoms with Gasteiger partial charge in [0, 0.05) is 24.0 Å². The summed E-state index contributed by atoms with van der Waals surface area (Å²) in [6.07, 6.45) is 5.11. The van der Waals surface area contributed by atoms with Crippen molar-refractivity contribution in [1.29, 1.82) is 5.41 Å². The number of carbonyl (C=O) groups excluding carboxylic acids is 1. The number of ether oxygens (including phenoxy) is 2. The average molecular weight is 498 g/mol. The summed E-state index contributed by atoms with van der Waals surface area (Å²) < 4.78 is 11.9. The molecule has 0 radical (unpaired) electrons. The number of benzene rings is 1. The van der Waals surface area contributed by atoms with Crippen molar-refractivity contribution in [3.05, 3.63) is 41.0 Å². The Balaban J connectivity index is 2.28. The van der Waals surface area contributed by atoms with Gasteiger partial charge >= 0.3 is 0 Å². The molecule has 1 aromatic carbocycles. The number of nitrogens with zero attached hydrogens (tertiary/aromatic N) is 2. The molecule has 198 valence electrons. The number of unbranched alkanes of at least 4 members (excludes halogenated alkanes) is 1. The Kier molecular flexibility index (Phi) is 11.0. The maximum absolute atomic E-state index is 13.2. The van der Waals surface area contributed by atoms with E-state index in [0.717, 1.165) is 30.4 Å². The summed E-state index contributed by atoms with van der Waals surface area (Å²) in [4.78, 5) is 22.5. The van der Waals surface area contributed by atoms with Crippen molar-refractivity contribution in [1.82, 2.24) is 0 Å². The third kappa shape index (κ3) is 8.40. The summed E-state index contributed by atoms with van der Waals surface area (Å²) in [5, 5.41) is 17.3. The molecular weight excluding hydrogens is 454 g/mol. The topological polar surface area (TPSA) is 104 Å². The van der Waals surface area contributed by atoms with Gasteiger partial charge < -0.3 is 20.0 Å². The van der Waals surface area contributed by atoms with Gasteiger partial charge in [0.1, 0.15) is 18.3 Å². The van der Waals surface area contributed by atoms with Crippen LogP contribution in [0.3, 0.4) is 0 Å². The van der Waals surface area contributed by atoms with Crippen LogP contribution in [0.1, 0.15) is 90.1 Å². The third-order valence-electron chi connectivity index (χ3n) is 6.18. The Labute approximate surface area is 216 Å². The number of dihydropyridines is 1. The molecule has 2 rings (SSSR count). The van der Waals surface area contributed by atoms with Crippen molar-refractivity contribution in [2.75, 3.05) is 19.8 Å². The van der Waals surface area contributed by atoms with Gasteiger partial charge in [-0.05, 0) is 74.3 Å². The minimum Gasteiger partial charge on any atom is -0.494 e. The van der Waals surface area contributed by atoms with Crippen LogP contribution in [0, 0.1) is 5.41 Å². The molecule has 1 heterocycles. The summed E-state index contributed by atoms with van der Waals surface area (Å²) in [7, 11) is 0. The van der Waals surface area contributed by atoms with Gasteiger partial charge in [-0.15, -0.1) is 0 Å². The quantitative estimate of drug-likeness (QED) is 0.218. The van der Waals surface area contributed by atoms with Crippen LogP contribution < -0.4 is 4.74 Å². The molecule has 0 saturated heterocycles. The molecule has 0 aromatic heterocycles. The molecule has 1 aliphatic heterocycles.